The lowest BCUT2D eigenvalue weighted by Gasteiger charge is -2.32. The van der Waals surface area contributed by atoms with Crippen LogP contribution in [0.3, 0.4) is 0 Å². The zero-order chi connectivity index (χ0) is 18.4. The van der Waals surface area contributed by atoms with Crippen molar-refractivity contribution in [2.75, 3.05) is 24.6 Å². The molecule has 1 aromatic heterocycles. The second-order valence-corrected chi connectivity index (χ2v) is 6.62. The minimum Gasteiger partial charge on any atom is -0.394 e. The molecular formula is C19H24N4O3. The number of anilines is 1. The van der Waals surface area contributed by atoms with Gasteiger partial charge in [0.1, 0.15) is 5.82 Å². The standard InChI is InChI=1S/C19H24N4O3/c24-13-16(12-14-4-2-1-3-5-14)20-19(26)15-8-10-23(11-9-15)17-6-7-18(25)22-21-17/h1-7,15-16,24H,8-13H2,(H,20,26)(H,22,25). The Morgan fingerprint density at radius 3 is 2.58 bits per heavy atom. The molecule has 1 unspecified atom stereocenters. The van der Waals surface area contributed by atoms with Gasteiger partial charge in [0.05, 0.1) is 12.6 Å². The number of nitrogens with one attached hydrogen (secondary N) is 2. The molecule has 1 aromatic carbocycles. The van der Waals surface area contributed by atoms with Crippen molar-refractivity contribution in [3.63, 3.8) is 0 Å². The van der Waals surface area contributed by atoms with Crippen LogP contribution in [0.1, 0.15) is 18.4 Å². The Morgan fingerprint density at radius 1 is 1.23 bits per heavy atom. The summed E-state index contributed by atoms with van der Waals surface area (Å²) in [4.78, 5) is 25.7. The number of hydrogen-bond acceptors (Lipinski definition) is 5. The molecule has 0 bridgehead atoms. The first-order valence-corrected chi connectivity index (χ1v) is 8.91. The van der Waals surface area contributed by atoms with Crippen LogP contribution in [-0.2, 0) is 11.2 Å². The van der Waals surface area contributed by atoms with E-state index in [1.54, 1.807) is 6.07 Å². The van der Waals surface area contributed by atoms with Gasteiger partial charge >= 0.3 is 0 Å². The Morgan fingerprint density at radius 2 is 1.96 bits per heavy atom. The molecule has 0 aliphatic carbocycles. The number of piperidine rings is 1. The maximum atomic E-state index is 12.5. The van der Waals surface area contributed by atoms with Crippen molar-refractivity contribution in [2.45, 2.75) is 25.3 Å². The fourth-order valence-electron chi connectivity index (χ4n) is 3.26. The number of rotatable bonds is 6. The van der Waals surface area contributed by atoms with Crippen molar-refractivity contribution in [1.82, 2.24) is 15.5 Å². The smallest absolute Gasteiger partial charge is 0.264 e. The fourth-order valence-corrected chi connectivity index (χ4v) is 3.26. The first-order valence-electron chi connectivity index (χ1n) is 8.91. The van der Waals surface area contributed by atoms with Gasteiger partial charge in [-0.2, -0.15) is 5.10 Å². The Balaban J connectivity index is 1.51. The zero-order valence-corrected chi connectivity index (χ0v) is 14.6. The Labute approximate surface area is 152 Å². The largest absolute Gasteiger partial charge is 0.394 e. The van der Waals surface area contributed by atoms with Crippen LogP contribution >= 0.6 is 0 Å². The molecule has 0 spiro atoms. The summed E-state index contributed by atoms with van der Waals surface area (Å²) in [5.41, 5.74) is 0.863. The molecule has 1 atom stereocenters. The molecule has 3 N–H and O–H groups in total. The molecule has 138 valence electrons. The summed E-state index contributed by atoms with van der Waals surface area (Å²) in [6.45, 7) is 1.33. The van der Waals surface area contributed by atoms with E-state index in [-0.39, 0.29) is 30.0 Å². The van der Waals surface area contributed by atoms with Crippen LogP contribution < -0.4 is 15.8 Å². The highest BCUT2D eigenvalue weighted by atomic mass is 16.3. The predicted octanol–water partition coefficient (Wildman–Crippen LogP) is 0.706. The first kappa shape index (κ1) is 18.1. The fraction of sp³-hybridized carbons (Fsp3) is 0.421. The SMILES string of the molecule is O=C(NC(CO)Cc1ccccc1)C1CCN(c2ccc(=O)[nH]n2)CC1. The molecule has 0 saturated carbocycles. The van der Waals surface area contributed by atoms with Gasteiger partial charge in [-0.15, -0.1) is 0 Å². The molecule has 7 nitrogen and oxygen atoms in total. The van der Waals surface area contributed by atoms with Gasteiger partial charge in [0, 0.05) is 25.1 Å². The highest BCUT2D eigenvalue weighted by molar-refractivity contribution is 5.79. The number of benzene rings is 1. The van der Waals surface area contributed by atoms with Crippen LogP contribution in [-0.4, -0.2) is 46.9 Å². The summed E-state index contributed by atoms with van der Waals surface area (Å²) in [7, 11) is 0. The van der Waals surface area contributed by atoms with E-state index < -0.39 is 0 Å². The minimum atomic E-state index is -0.274. The Hall–Kier alpha value is -2.67. The van der Waals surface area contributed by atoms with E-state index in [1.165, 1.54) is 6.07 Å². The summed E-state index contributed by atoms with van der Waals surface area (Å²) >= 11 is 0. The third-order valence-electron chi connectivity index (χ3n) is 4.75. The van der Waals surface area contributed by atoms with Crippen molar-refractivity contribution in [2.24, 2.45) is 5.92 Å². The summed E-state index contributed by atoms with van der Waals surface area (Å²) in [6.07, 6.45) is 2.05. The van der Waals surface area contributed by atoms with Crippen molar-refractivity contribution in [3.8, 4) is 0 Å². The van der Waals surface area contributed by atoms with Crippen LogP contribution in [0.2, 0.25) is 0 Å². The van der Waals surface area contributed by atoms with Crippen LogP contribution in [0.4, 0.5) is 5.82 Å². The maximum Gasteiger partial charge on any atom is 0.264 e. The summed E-state index contributed by atoms with van der Waals surface area (Å²) in [5.74, 6) is 0.647. The first-order chi connectivity index (χ1) is 12.7. The van der Waals surface area contributed by atoms with Crippen molar-refractivity contribution < 1.29 is 9.90 Å². The molecule has 7 heteroatoms. The second kappa shape index (κ2) is 8.62. The van der Waals surface area contributed by atoms with Gasteiger partial charge in [-0.1, -0.05) is 30.3 Å². The lowest BCUT2D eigenvalue weighted by molar-refractivity contribution is -0.126. The average molecular weight is 356 g/mol. The van der Waals surface area contributed by atoms with Crippen molar-refractivity contribution in [1.29, 1.82) is 0 Å². The van der Waals surface area contributed by atoms with Gasteiger partial charge in [0.15, 0.2) is 0 Å². The molecule has 1 saturated heterocycles. The quantitative estimate of drug-likeness (QED) is 0.708. The summed E-state index contributed by atoms with van der Waals surface area (Å²) in [5, 5.41) is 19.0. The number of carbonyl (C=O) groups excluding carboxylic acids is 1. The maximum absolute atomic E-state index is 12.5. The molecule has 1 amide bonds. The predicted molar refractivity (Wildman–Crippen MR) is 99.0 cm³/mol. The van der Waals surface area contributed by atoms with Gasteiger partial charge in [-0.3, -0.25) is 9.59 Å². The zero-order valence-electron chi connectivity index (χ0n) is 14.6. The van der Waals surface area contributed by atoms with Gasteiger partial charge in [0.2, 0.25) is 5.91 Å². The lowest BCUT2D eigenvalue weighted by Crippen LogP contribution is -2.46. The van der Waals surface area contributed by atoms with Gasteiger partial charge < -0.3 is 15.3 Å². The topological polar surface area (TPSA) is 98.3 Å². The average Bonchev–Trinajstić information content (AvgIpc) is 2.69. The van der Waals surface area contributed by atoms with E-state index >= 15 is 0 Å². The lowest BCUT2D eigenvalue weighted by atomic mass is 9.95. The third-order valence-corrected chi connectivity index (χ3v) is 4.75. The van der Waals surface area contributed by atoms with E-state index in [1.807, 2.05) is 30.3 Å². The van der Waals surface area contributed by atoms with Crippen LogP contribution in [0.25, 0.3) is 0 Å². The summed E-state index contributed by atoms with van der Waals surface area (Å²) < 4.78 is 0. The molecule has 0 radical (unpaired) electrons. The van der Waals surface area contributed by atoms with Gasteiger partial charge in [-0.25, -0.2) is 5.10 Å². The molecule has 2 heterocycles. The molecule has 1 fully saturated rings. The molecule has 1 aliphatic rings. The summed E-state index contributed by atoms with van der Waals surface area (Å²) in [6, 6.07) is 12.7. The van der Waals surface area contributed by atoms with E-state index in [4.69, 9.17) is 0 Å². The number of aliphatic hydroxyl groups excluding tert-OH is 1. The number of aromatic nitrogens is 2. The number of amides is 1. The van der Waals surface area contributed by atoms with Crippen LogP contribution in [0, 0.1) is 5.92 Å². The molecule has 2 aromatic rings. The van der Waals surface area contributed by atoms with Crippen LogP contribution in [0.15, 0.2) is 47.3 Å². The Kier molecular flexibility index (Phi) is 6.01. The number of aromatic amines is 1. The van der Waals surface area contributed by atoms with E-state index in [0.29, 0.717) is 19.5 Å². The molecular weight excluding hydrogens is 332 g/mol. The minimum absolute atomic E-state index is 0.00550. The van der Waals surface area contributed by atoms with E-state index in [2.05, 4.69) is 20.4 Å². The number of hydrogen-bond donors (Lipinski definition) is 3. The number of H-pyrrole nitrogens is 1. The number of aliphatic hydroxyl groups is 1. The highest BCUT2D eigenvalue weighted by Gasteiger charge is 2.27. The normalized spacial score (nSPS) is 16.3. The van der Waals surface area contributed by atoms with Crippen molar-refractivity contribution >= 4 is 11.7 Å². The van der Waals surface area contributed by atoms with Crippen LogP contribution in [0.5, 0.6) is 0 Å². The van der Waals surface area contributed by atoms with E-state index in [0.717, 1.165) is 24.2 Å². The Bertz CT molecular complexity index is 749. The molecule has 1 aliphatic heterocycles. The third kappa shape index (κ3) is 4.70. The number of carbonyl (C=O) groups is 1. The van der Waals surface area contributed by atoms with Gasteiger partial charge in [-0.05, 0) is 30.9 Å². The number of nitrogens with zero attached hydrogens (tertiary/aromatic N) is 2. The molecule has 3 rings (SSSR count). The van der Waals surface area contributed by atoms with E-state index in [9.17, 15) is 14.7 Å². The monoisotopic (exact) mass is 356 g/mol. The highest BCUT2D eigenvalue weighted by Crippen LogP contribution is 2.21. The molecule has 26 heavy (non-hydrogen) atoms. The van der Waals surface area contributed by atoms with Gasteiger partial charge in [0.25, 0.3) is 5.56 Å². The second-order valence-electron chi connectivity index (χ2n) is 6.62. The van der Waals surface area contributed by atoms with Crippen molar-refractivity contribution in [3.05, 3.63) is 58.4 Å².